The van der Waals surface area contributed by atoms with E-state index in [1.165, 1.54) is 0 Å². The van der Waals surface area contributed by atoms with Crippen molar-refractivity contribution in [3.8, 4) is 10.6 Å². The Morgan fingerprint density at radius 3 is 2.86 bits per heavy atom. The molecule has 3 heterocycles. The van der Waals surface area contributed by atoms with Gasteiger partial charge in [0.15, 0.2) is 5.82 Å². The van der Waals surface area contributed by atoms with Gasteiger partial charge in [0.25, 0.3) is 0 Å². The van der Waals surface area contributed by atoms with E-state index < -0.39 is 0 Å². The van der Waals surface area contributed by atoms with Gasteiger partial charge in [-0.25, -0.2) is 4.98 Å². The molecule has 1 N–H and O–H groups in total. The molecule has 1 unspecified atom stereocenters. The van der Waals surface area contributed by atoms with Crippen molar-refractivity contribution in [2.24, 2.45) is 5.92 Å². The fourth-order valence-electron chi connectivity index (χ4n) is 3.38. The molecule has 7 heteroatoms. The lowest BCUT2D eigenvalue weighted by molar-refractivity contribution is -0.125. The fraction of sp³-hybridized carbons (Fsp3) is 0.333. The van der Waals surface area contributed by atoms with Gasteiger partial charge in [0.2, 0.25) is 5.91 Å². The molecule has 0 radical (unpaired) electrons. The maximum atomic E-state index is 12.7. The first-order valence-corrected chi connectivity index (χ1v) is 10.4. The molecule has 2 aromatic heterocycles. The minimum atomic E-state index is -0.0379. The van der Waals surface area contributed by atoms with E-state index in [0.29, 0.717) is 13.1 Å². The molecule has 1 amide bonds. The molecule has 0 saturated carbocycles. The van der Waals surface area contributed by atoms with Crippen LogP contribution in [0, 0.1) is 12.8 Å². The average Bonchev–Trinajstić information content (AvgIpc) is 3.22. The van der Waals surface area contributed by atoms with Crippen LogP contribution >= 0.6 is 11.3 Å². The van der Waals surface area contributed by atoms with Crippen molar-refractivity contribution < 1.29 is 4.79 Å². The molecule has 1 fully saturated rings. The molecule has 1 aliphatic rings. The summed E-state index contributed by atoms with van der Waals surface area (Å²) in [6.45, 7) is 3.97. The van der Waals surface area contributed by atoms with Crippen LogP contribution in [-0.4, -0.2) is 34.2 Å². The van der Waals surface area contributed by atoms with Crippen molar-refractivity contribution in [2.45, 2.75) is 26.3 Å². The van der Waals surface area contributed by atoms with E-state index in [9.17, 15) is 4.79 Å². The molecule has 144 valence electrons. The topological polar surface area (TPSA) is 71.0 Å². The van der Waals surface area contributed by atoms with Crippen LogP contribution in [0.3, 0.4) is 0 Å². The van der Waals surface area contributed by atoms with E-state index in [4.69, 9.17) is 0 Å². The lowest BCUT2D eigenvalue weighted by Crippen LogP contribution is -2.43. The number of aryl methyl sites for hydroxylation is 1. The van der Waals surface area contributed by atoms with Crippen LogP contribution in [0.5, 0.6) is 0 Å². The summed E-state index contributed by atoms with van der Waals surface area (Å²) < 4.78 is 0. The van der Waals surface area contributed by atoms with E-state index in [1.54, 1.807) is 11.3 Å². The van der Waals surface area contributed by atoms with E-state index in [0.717, 1.165) is 47.2 Å². The Morgan fingerprint density at radius 1 is 1.21 bits per heavy atom. The summed E-state index contributed by atoms with van der Waals surface area (Å²) in [6.07, 6.45) is 1.87. The lowest BCUT2D eigenvalue weighted by atomic mass is 9.97. The van der Waals surface area contributed by atoms with E-state index in [1.807, 2.05) is 54.8 Å². The molecule has 4 rings (SSSR count). The minimum Gasteiger partial charge on any atom is -0.354 e. The van der Waals surface area contributed by atoms with Crippen LogP contribution in [0.1, 0.15) is 24.2 Å². The number of rotatable bonds is 5. The smallest absolute Gasteiger partial charge is 0.225 e. The first-order chi connectivity index (χ1) is 13.7. The number of amides is 1. The largest absolute Gasteiger partial charge is 0.354 e. The van der Waals surface area contributed by atoms with Gasteiger partial charge in [-0.3, -0.25) is 4.79 Å². The number of anilines is 1. The standard InChI is InChI=1S/C21H23N5OS/c1-15-9-10-19(25-24-15)26-11-5-8-17(13-26)20(27)22-12-18-14-28-21(23-18)16-6-3-2-4-7-16/h2-4,6-7,9-10,14,17H,5,8,11-13H2,1H3,(H,22,27). The molecule has 1 aromatic carbocycles. The zero-order chi connectivity index (χ0) is 19.3. The van der Waals surface area contributed by atoms with Gasteiger partial charge in [0.1, 0.15) is 5.01 Å². The number of carbonyl (C=O) groups is 1. The monoisotopic (exact) mass is 393 g/mol. The van der Waals surface area contributed by atoms with Crippen molar-refractivity contribution in [2.75, 3.05) is 18.0 Å². The number of piperidine rings is 1. The summed E-state index contributed by atoms with van der Waals surface area (Å²) in [4.78, 5) is 19.5. The highest BCUT2D eigenvalue weighted by molar-refractivity contribution is 7.13. The normalized spacial score (nSPS) is 16.8. The number of hydrogen-bond donors (Lipinski definition) is 1. The van der Waals surface area contributed by atoms with Crippen LogP contribution in [0.15, 0.2) is 47.8 Å². The van der Waals surface area contributed by atoms with Crippen LogP contribution in [0.25, 0.3) is 10.6 Å². The van der Waals surface area contributed by atoms with Gasteiger partial charge in [-0.15, -0.1) is 16.4 Å². The Balaban J connectivity index is 1.33. The van der Waals surface area contributed by atoms with Gasteiger partial charge in [0, 0.05) is 24.0 Å². The summed E-state index contributed by atoms with van der Waals surface area (Å²) in [5, 5.41) is 14.4. The molecule has 0 bridgehead atoms. The number of benzene rings is 1. The third-order valence-electron chi connectivity index (χ3n) is 4.92. The van der Waals surface area contributed by atoms with Crippen LogP contribution < -0.4 is 10.2 Å². The number of nitrogens with zero attached hydrogens (tertiary/aromatic N) is 4. The van der Waals surface area contributed by atoms with Crippen molar-refractivity contribution in [1.82, 2.24) is 20.5 Å². The summed E-state index contributed by atoms with van der Waals surface area (Å²) in [7, 11) is 0. The van der Waals surface area contributed by atoms with Gasteiger partial charge >= 0.3 is 0 Å². The predicted octanol–water partition coefficient (Wildman–Crippen LogP) is 3.44. The Labute approximate surface area is 168 Å². The summed E-state index contributed by atoms with van der Waals surface area (Å²) in [6, 6.07) is 14.0. The van der Waals surface area contributed by atoms with Crippen molar-refractivity contribution >= 4 is 23.1 Å². The maximum absolute atomic E-state index is 12.7. The average molecular weight is 394 g/mol. The Hall–Kier alpha value is -2.80. The zero-order valence-electron chi connectivity index (χ0n) is 15.8. The summed E-state index contributed by atoms with van der Waals surface area (Å²) in [5.41, 5.74) is 2.90. The zero-order valence-corrected chi connectivity index (χ0v) is 16.7. The molecule has 0 spiro atoms. The Morgan fingerprint density at radius 2 is 2.07 bits per heavy atom. The highest BCUT2D eigenvalue weighted by Gasteiger charge is 2.26. The molecule has 28 heavy (non-hydrogen) atoms. The summed E-state index contributed by atoms with van der Waals surface area (Å²) >= 11 is 1.60. The van der Waals surface area contributed by atoms with Crippen LogP contribution in [0.4, 0.5) is 5.82 Å². The predicted molar refractivity (Wildman–Crippen MR) is 111 cm³/mol. The molecule has 0 aliphatic carbocycles. The van der Waals surface area contributed by atoms with Crippen LogP contribution in [-0.2, 0) is 11.3 Å². The van der Waals surface area contributed by atoms with Gasteiger partial charge < -0.3 is 10.2 Å². The highest BCUT2D eigenvalue weighted by atomic mass is 32.1. The Kier molecular flexibility index (Phi) is 5.62. The van der Waals surface area contributed by atoms with Crippen molar-refractivity contribution in [3.63, 3.8) is 0 Å². The second-order valence-electron chi connectivity index (χ2n) is 7.05. The highest BCUT2D eigenvalue weighted by Crippen LogP contribution is 2.24. The quantitative estimate of drug-likeness (QED) is 0.719. The van der Waals surface area contributed by atoms with Crippen molar-refractivity contribution in [1.29, 1.82) is 0 Å². The lowest BCUT2D eigenvalue weighted by Gasteiger charge is -2.32. The van der Waals surface area contributed by atoms with Gasteiger partial charge in [-0.1, -0.05) is 30.3 Å². The number of carbonyl (C=O) groups excluding carboxylic acids is 1. The minimum absolute atomic E-state index is 0.0379. The fourth-order valence-corrected chi connectivity index (χ4v) is 4.21. The SMILES string of the molecule is Cc1ccc(N2CCCC(C(=O)NCc3csc(-c4ccccc4)n3)C2)nn1. The number of hydrogen-bond acceptors (Lipinski definition) is 6. The molecule has 1 aliphatic heterocycles. The second kappa shape index (κ2) is 8.48. The Bertz CT molecular complexity index is 925. The number of aromatic nitrogens is 3. The molecule has 1 saturated heterocycles. The van der Waals surface area contributed by atoms with Gasteiger partial charge in [-0.05, 0) is 31.9 Å². The molecule has 6 nitrogen and oxygen atoms in total. The number of thiazole rings is 1. The molecular formula is C21H23N5OS. The third-order valence-corrected chi connectivity index (χ3v) is 5.86. The van der Waals surface area contributed by atoms with Gasteiger partial charge in [0.05, 0.1) is 23.9 Å². The van der Waals surface area contributed by atoms with Gasteiger partial charge in [-0.2, -0.15) is 5.10 Å². The maximum Gasteiger partial charge on any atom is 0.225 e. The molecule has 1 atom stereocenters. The third kappa shape index (κ3) is 4.36. The van der Waals surface area contributed by atoms with E-state index in [-0.39, 0.29) is 11.8 Å². The van der Waals surface area contributed by atoms with E-state index in [2.05, 4.69) is 25.4 Å². The molecular weight excluding hydrogens is 370 g/mol. The second-order valence-corrected chi connectivity index (χ2v) is 7.90. The van der Waals surface area contributed by atoms with Crippen LogP contribution in [0.2, 0.25) is 0 Å². The summed E-state index contributed by atoms with van der Waals surface area (Å²) in [5.74, 6) is 0.887. The van der Waals surface area contributed by atoms with Crippen molar-refractivity contribution in [3.05, 3.63) is 59.2 Å². The first-order valence-electron chi connectivity index (χ1n) is 9.52. The first kappa shape index (κ1) is 18.6. The number of nitrogens with one attached hydrogen (secondary N) is 1. The van der Waals surface area contributed by atoms with E-state index >= 15 is 0 Å². The molecule has 3 aromatic rings.